The number of nitrogens with one attached hydrogen (secondary N) is 1. The summed E-state index contributed by atoms with van der Waals surface area (Å²) in [6.07, 6.45) is 5.67. The van der Waals surface area contributed by atoms with Crippen molar-refractivity contribution in [2.75, 3.05) is 0 Å². The highest BCUT2D eigenvalue weighted by Gasteiger charge is 2.14. The zero-order chi connectivity index (χ0) is 10.7. The van der Waals surface area contributed by atoms with E-state index in [0.717, 1.165) is 18.7 Å². The Balaban J connectivity index is 2.11. The van der Waals surface area contributed by atoms with E-state index >= 15 is 0 Å². The van der Waals surface area contributed by atoms with Gasteiger partial charge in [0.25, 0.3) is 0 Å². The molecule has 0 bridgehead atoms. The van der Waals surface area contributed by atoms with Crippen molar-refractivity contribution in [1.29, 1.82) is 0 Å². The molecule has 2 aromatic rings. The van der Waals surface area contributed by atoms with E-state index in [1.165, 1.54) is 10.4 Å². The summed E-state index contributed by atoms with van der Waals surface area (Å²) in [5, 5.41) is 2.16. The molecule has 0 saturated heterocycles. The lowest BCUT2D eigenvalue weighted by Gasteiger charge is -2.08. The van der Waals surface area contributed by atoms with Crippen LogP contribution in [-0.2, 0) is 12.8 Å². The van der Waals surface area contributed by atoms with E-state index in [4.69, 9.17) is 0 Å². The Labute approximate surface area is 102 Å². The van der Waals surface area contributed by atoms with E-state index in [0.29, 0.717) is 4.83 Å². The van der Waals surface area contributed by atoms with E-state index in [9.17, 15) is 0 Å². The second-order valence-electron chi connectivity index (χ2n) is 3.37. The average molecular weight is 285 g/mol. The van der Waals surface area contributed by atoms with Crippen molar-refractivity contribution in [3.63, 3.8) is 0 Å². The summed E-state index contributed by atoms with van der Waals surface area (Å²) in [5.41, 5.74) is 1.44. The Hall–Kier alpha value is -0.610. The van der Waals surface area contributed by atoms with Gasteiger partial charge in [-0.1, -0.05) is 22.9 Å². The van der Waals surface area contributed by atoms with Crippen LogP contribution in [0.5, 0.6) is 0 Å². The molecule has 0 aliphatic heterocycles. The fourth-order valence-electron chi connectivity index (χ4n) is 1.59. The maximum Gasteiger partial charge on any atom is 0.107 e. The molecule has 0 spiro atoms. The van der Waals surface area contributed by atoms with Crippen LogP contribution in [0.3, 0.4) is 0 Å². The minimum absolute atomic E-state index is 0.374. The Morgan fingerprint density at radius 3 is 3.13 bits per heavy atom. The van der Waals surface area contributed by atoms with E-state index < -0.39 is 0 Å². The number of hydrogen-bond acceptors (Lipinski definition) is 2. The maximum atomic E-state index is 4.24. The van der Waals surface area contributed by atoms with Crippen LogP contribution in [0.1, 0.15) is 28.0 Å². The second-order valence-corrected chi connectivity index (χ2v) is 5.42. The topological polar surface area (TPSA) is 28.7 Å². The summed E-state index contributed by atoms with van der Waals surface area (Å²) in [5.74, 6) is 1.03. The summed E-state index contributed by atoms with van der Waals surface area (Å²) in [6, 6.07) is 2.20. The first-order valence-corrected chi connectivity index (χ1v) is 6.79. The molecule has 0 fully saturated rings. The molecule has 2 heterocycles. The molecule has 0 amide bonds. The monoisotopic (exact) mass is 284 g/mol. The van der Waals surface area contributed by atoms with Crippen molar-refractivity contribution in [2.45, 2.75) is 24.6 Å². The van der Waals surface area contributed by atoms with Crippen LogP contribution in [0, 0.1) is 0 Å². The van der Waals surface area contributed by atoms with Gasteiger partial charge in [0.15, 0.2) is 0 Å². The number of alkyl halides is 1. The van der Waals surface area contributed by atoms with E-state index in [1.54, 1.807) is 6.20 Å². The lowest BCUT2D eigenvalue weighted by molar-refractivity contribution is 0.878. The van der Waals surface area contributed by atoms with Gasteiger partial charge in [-0.25, -0.2) is 4.98 Å². The predicted molar refractivity (Wildman–Crippen MR) is 67.7 cm³/mol. The Bertz CT molecular complexity index is 408. The fraction of sp³-hybridized carbons (Fsp3) is 0.364. The predicted octanol–water partition coefficient (Wildman–Crippen LogP) is 3.71. The molecule has 1 unspecified atom stereocenters. The number of H-pyrrole nitrogens is 1. The molecule has 2 rings (SSSR count). The number of imidazole rings is 1. The fourth-order valence-corrected chi connectivity index (χ4v) is 3.48. The quantitative estimate of drug-likeness (QED) is 0.852. The number of aromatic amines is 1. The van der Waals surface area contributed by atoms with Gasteiger partial charge in [-0.15, -0.1) is 11.3 Å². The van der Waals surface area contributed by atoms with Crippen LogP contribution in [0.15, 0.2) is 23.8 Å². The van der Waals surface area contributed by atoms with Gasteiger partial charge in [-0.3, -0.25) is 0 Å². The molecule has 1 atom stereocenters. The number of aryl methyl sites for hydroxylation is 1. The first-order valence-electron chi connectivity index (χ1n) is 5.00. The summed E-state index contributed by atoms with van der Waals surface area (Å²) < 4.78 is 0. The molecule has 2 nitrogen and oxygen atoms in total. The third-order valence-corrected chi connectivity index (χ3v) is 4.53. The lowest BCUT2D eigenvalue weighted by Crippen LogP contribution is -1.97. The highest BCUT2D eigenvalue weighted by Crippen LogP contribution is 2.33. The summed E-state index contributed by atoms with van der Waals surface area (Å²) >= 11 is 5.54. The highest BCUT2D eigenvalue weighted by molar-refractivity contribution is 9.09. The van der Waals surface area contributed by atoms with E-state index in [2.05, 4.69) is 44.3 Å². The zero-order valence-corrected chi connectivity index (χ0v) is 10.9. The highest BCUT2D eigenvalue weighted by atomic mass is 79.9. The molecule has 15 heavy (non-hydrogen) atoms. The number of thiophene rings is 1. The van der Waals surface area contributed by atoms with Crippen molar-refractivity contribution in [1.82, 2.24) is 9.97 Å². The van der Waals surface area contributed by atoms with Crippen LogP contribution in [0.4, 0.5) is 0 Å². The molecule has 0 aliphatic rings. The van der Waals surface area contributed by atoms with Gasteiger partial charge < -0.3 is 4.98 Å². The number of aromatic nitrogens is 2. The summed E-state index contributed by atoms with van der Waals surface area (Å²) in [6.45, 7) is 2.19. The number of halogens is 1. The lowest BCUT2D eigenvalue weighted by atomic mass is 10.1. The minimum Gasteiger partial charge on any atom is -0.349 e. The molecule has 1 N–H and O–H groups in total. The third-order valence-electron chi connectivity index (χ3n) is 2.37. The standard InChI is InChI=1S/C11H13BrN2S/c1-2-8-3-6-15-11(8)9(12)7-10-13-4-5-14-10/h3-6,9H,2,7H2,1H3,(H,13,14). The molecule has 0 aromatic carbocycles. The van der Waals surface area contributed by atoms with E-state index in [-0.39, 0.29) is 0 Å². The molecule has 4 heteroatoms. The molecular weight excluding hydrogens is 272 g/mol. The van der Waals surface area contributed by atoms with Crippen LogP contribution in [-0.4, -0.2) is 9.97 Å². The molecular formula is C11H13BrN2S. The van der Waals surface area contributed by atoms with Gasteiger partial charge in [0, 0.05) is 23.7 Å². The number of hydrogen-bond donors (Lipinski definition) is 1. The van der Waals surface area contributed by atoms with Gasteiger partial charge in [-0.2, -0.15) is 0 Å². The van der Waals surface area contributed by atoms with Crippen molar-refractivity contribution in [2.24, 2.45) is 0 Å². The van der Waals surface area contributed by atoms with Crippen LogP contribution in [0.25, 0.3) is 0 Å². The van der Waals surface area contributed by atoms with Crippen molar-refractivity contribution >= 4 is 27.3 Å². The van der Waals surface area contributed by atoms with Crippen LogP contribution < -0.4 is 0 Å². The minimum atomic E-state index is 0.374. The second kappa shape index (κ2) is 4.94. The Morgan fingerprint density at radius 1 is 1.60 bits per heavy atom. The zero-order valence-electron chi connectivity index (χ0n) is 8.53. The van der Waals surface area contributed by atoms with Crippen molar-refractivity contribution in [3.8, 4) is 0 Å². The number of rotatable bonds is 4. The van der Waals surface area contributed by atoms with Crippen molar-refractivity contribution in [3.05, 3.63) is 40.1 Å². The first-order chi connectivity index (χ1) is 7.31. The van der Waals surface area contributed by atoms with E-state index in [1.807, 2.05) is 17.5 Å². The van der Waals surface area contributed by atoms with Crippen LogP contribution >= 0.6 is 27.3 Å². The molecule has 80 valence electrons. The molecule has 0 radical (unpaired) electrons. The molecule has 0 aliphatic carbocycles. The average Bonchev–Trinajstić information content (AvgIpc) is 2.86. The summed E-state index contributed by atoms with van der Waals surface area (Å²) in [4.78, 5) is 9.17. The van der Waals surface area contributed by atoms with Gasteiger partial charge in [0.05, 0.1) is 4.83 Å². The van der Waals surface area contributed by atoms with Crippen molar-refractivity contribution < 1.29 is 0 Å². The normalized spacial score (nSPS) is 12.9. The molecule has 2 aromatic heterocycles. The summed E-state index contributed by atoms with van der Waals surface area (Å²) in [7, 11) is 0. The molecule has 0 saturated carbocycles. The van der Waals surface area contributed by atoms with Gasteiger partial charge in [0.1, 0.15) is 5.82 Å². The van der Waals surface area contributed by atoms with Gasteiger partial charge >= 0.3 is 0 Å². The smallest absolute Gasteiger partial charge is 0.107 e. The first kappa shape index (κ1) is 10.9. The van der Waals surface area contributed by atoms with Crippen LogP contribution in [0.2, 0.25) is 0 Å². The maximum absolute atomic E-state index is 4.24. The number of nitrogens with zero attached hydrogens (tertiary/aromatic N) is 1. The van der Waals surface area contributed by atoms with Gasteiger partial charge in [0.2, 0.25) is 0 Å². The van der Waals surface area contributed by atoms with Gasteiger partial charge in [-0.05, 0) is 23.4 Å². The SMILES string of the molecule is CCc1ccsc1C(Br)Cc1ncc[nH]1. The Morgan fingerprint density at radius 2 is 2.47 bits per heavy atom. The largest absolute Gasteiger partial charge is 0.349 e. The Kier molecular flexibility index (Phi) is 3.59. The third kappa shape index (κ3) is 2.49.